The Morgan fingerprint density at radius 3 is 2.40 bits per heavy atom. The number of halogens is 6. The number of benzene rings is 1. The summed E-state index contributed by atoms with van der Waals surface area (Å²) in [4.78, 5) is 39.1. The Kier molecular flexibility index (Phi) is 10.5. The summed E-state index contributed by atoms with van der Waals surface area (Å²) < 4.78 is 81.0. The van der Waals surface area contributed by atoms with Gasteiger partial charge in [0.15, 0.2) is 5.82 Å². The Balaban J connectivity index is 2.12. The van der Waals surface area contributed by atoms with E-state index >= 15 is 0 Å². The highest BCUT2D eigenvalue weighted by molar-refractivity contribution is 6.76. The second-order valence-corrected chi connectivity index (χ2v) is 16.5. The first kappa shape index (κ1) is 33.8. The smallest absolute Gasteiger partial charge is 0.433 e. The summed E-state index contributed by atoms with van der Waals surface area (Å²) in [6.07, 6.45) is -4.88. The van der Waals surface area contributed by atoms with Crippen LogP contribution in [0.4, 0.5) is 39.5 Å². The number of aryl methyl sites for hydroxylation is 1. The third kappa shape index (κ3) is 8.44. The number of nitrogens with zero attached hydrogens (tertiary/aromatic N) is 7. The maximum Gasteiger partial charge on any atom is 0.433 e. The molecule has 234 valence electrons. The molecule has 0 saturated heterocycles. The van der Waals surface area contributed by atoms with Gasteiger partial charge in [0, 0.05) is 27.4 Å². The number of carbonyl (C=O) groups excluding carboxylic acids is 2. The molecule has 43 heavy (non-hydrogen) atoms. The third-order valence-corrected chi connectivity index (χ3v) is 7.94. The maximum absolute atomic E-state index is 14.7. The lowest BCUT2D eigenvalue weighted by atomic mass is 10.2. The number of likely N-dealkylation sites (N-methyl/N-ethyl adjacent to an activating group) is 1. The first-order chi connectivity index (χ1) is 19.9. The van der Waals surface area contributed by atoms with E-state index in [1.807, 2.05) is 0 Å². The number of amides is 1. The number of rotatable bonds is 11. The van der Waals surface area contributed by atoms with Gasteiger partial charge in [-0.3, -0.25) is 9.69 Å². The van der Waals surface area contributed by atoms with Gasteiger partial charge in [-0.1, -0.05) is 31.2 Å². The van der Waals surface area contributed by atoms with Gasteiger partial charge >= 0.3 is 12.1 Å². The van der Waals surface area contributed by atoms with E-state index in [1.165, 1.54) is 6.92 Å². The molecule has 18 heteroatoms. The van der Waals surface area contributed by atoms with Crippen molar-refractivity contribution in [2.75, 3.05) is 37.1 Å². The minimum Gasteiger partial charge on any atom is -0.463 e. The van der Waals surface area contributed by atoms with E-state index in [0.29, 0.717) is 12.7 Å². The van der Waals surface area contributed by atoms with Crippen molar-refractivity contribution in [3.63, 3.8) is 0 Å². The minimum absolute atomic E-state index is 0.106. The van der Waals surface area contributed by atoms with Crippen molar-refractivity contribution in [1.82, 2.24) is 24.7 Å². The molecule has 2 aromatic heterocycles. The number of hydrogen-bond donors (Lipinski definition) is 0. The number of ether oxygens (including phenoxy) is 2. The van der Waals surface area contributed by atoms with Crippen LogP contribution in [0.2, 0.25) is 30.7 Å². The van der Waals surface area contributed by atoms with E-state index < -0.39 is 72.5 Å². The average Bonchev–Trinajstić information content (AvgIpc) is 3.34. The lowest BCUT2D eigenvalue weighted by molar-refractivity contribution is -0.141. The highest BCUT2D eigenvalue weighted by Crippen LogP contribution is 2.32. The van der Waals surface area contributed by atoms with E-state index in [0.717, 1.165) is 46.8 Å². The van der Waals surface area contributed by atoms with Crippen LogP contribution in [0.3, 0.4) is 0 Å². The van der Waals surface area contributed by atoms with Crippen LogP contribution in [0.5, 0.6) is 0 Å². The zero-order chi connectivity index (χ0) is 32.3. The lowest BCUT2D eigenvalue weighted by Gasteiger charge is -2.25. The van der Waals surface area contributed by atoms with Gasteiger partial charge in [-0.25, -0.2) is 28.2 Å². The molecule has 3 rings (SSSR count). The highest BCUT2D eigenvalue weighted by Gasteiger charge is 2.35. The van der Waals surface area contributed by atoms with Crippen LogP contribution < -0.4 is 9.80 Å². The second kappa shape index (κ2) is 13.3. The van der Waals surface area contributed by atoms with Crippen LogP contribution in [0.25, 0.3) is 0 Å². The molecule has 11 nitrogen and oxygen atoms in total. The Morgan fingerprint density at radius 1 is 1.12 bits per heavy atom. The standard InChI is InChI=1S/C25H29ClF5N7O4Si/c1-14-11-17(25(29,30)31)33-23(32-14)37(12-18(39)36(2)16-8-7-15(27)19(26)20(16)28)24-34-21(22(40)41-3)35-38(24)13-42-9-10-43(4,5)6/h7-8,11H,9-10,12-13H2,1-6H3. The molecular weight excluding hydrogens is 621 g/mol. The van der Waals surface area contributed by atoms with Crippen molar-refractivity contribution >= 4 is 49.1 Å². The van der Waals surface area contributed by atoms with Crippen LogP contribution >= 0.6 is 11.6 Å². The Hall–Kier alpha value is -3.70. The van der Waals surface area contributed by atoms with E-state index in [4.69, 9.17) is 16.3 Å². The predicted octanol–water partition coefficient (Wildman–Crippen LogP) is 5.23. The van der Waals surface area contributed by atoms with Crippen molar-refractivity contribution in [1.29, 1.82) is 0 Å². The first-order valence-electron chi connectivity index (χ1n) is 12.6. The summed E-state index contributed by atoms with van der Waals surface area (Å²) in [6, 6.07) is 3.28. The fourth-order valence-corrected chi connectivity index (χ4v) is 4.44. The molecule has 0 atom stereocenters. The summed E-state index contributed by atoms with van der Waals surface area (Å²) in [6.45, 7) is 6.81. The monoisotopic (exact) mass is 649 g/mol. The number of alkyl halides is 3. The SMILES string of the molecule is COC(=O)c1nc(N(CC(=O)N(C)c2ccc(F)c(Cl)c2F)c2nc(C)cc(C(F)(F)F)n2)n(COCC[Si](C)(C)C)n1. The largest absolute Gasteiger partial charge is 0.463 e. The summed E-state index contributed by atoms with van der Waals surface area (Å²) in [5.74, 6) is -5.65. The molecule has 2 heterocycles. The number of hydrogen-bond acceptors (Lipinski definition) is 9. The molecule has 0 spiro atoms. The first-order valence-corrected chi connectivity index (χ1v) is 16.7. The van der Waals surface area contributed by atoms with Gasteiger partial charge in [-0.15, -0.1) is 5.10 Å². The molecule has 0 radical (unpaired) electrons. The van der Waals surface area contributed by atoms with Gasteiger partial charge < -0.3 is 14.4 Å². The van der Waals surface area contributed by atoms with Gasteiger partial charge in [-0.05, 0) is 31.2 Å². The van der Waals surface area contributed by atoms with Crippen LogP contribution in [0, 0.1) is 18.6 Å². The number of methoxy groups -OCH3 is 1. The van der Waals surface area contributed by atoms with Gasteiger partial charge in [0.1, 0.15) is 29.8 Å². The molecule has 0 aliphatic rings. The van der Waals surface area contributed by atoms with Gasteiger partial charge in [0.2, 0.25) is 17.8 Å². The lowest BCUT2D eigenvalue weighted by Crippen LogP contribution is -2.39. The van der Waals surface area contributed by atoms with Crippen molar-refractivity contribution < 1.29 is 41.0 Å². The molecule has 0 saturated carbocycles. The quantitative estimate of drug-likeness (QED) is 0.0906. The van der Waals surface area contributed by atoms with Crippen LogP contribution in [-0.2, 0) is 27.2 Å². The fourth-order valence-electron chi connectivity index (χ4n) is 3.53. The molecule has 3 aromatic rings. The van der Waals surface area contributed by atoms with E-state index in [1.54, 1.807) is 0 Å². The molecule has 0 bridgehead atoms. The molecule has 0 aliphatic heterocycles. The molecule has 1 aromatic carbocycles. The average molecular weight is 650 g/mol. The normalized spacial score (nSPS) is 11.9. The zero-order valence-electron chi connectivity index (χ0n) is 24.1. The van der Waals surface area contributed by atoms with E-state index in [2.05, 4.69) is 44.4 Å². The molecule has 1 amide bonds. The van der Waals surface area contributed by atoms with Gasteiger partial charge in [-0.2, -0.15) is 18.2 Å². The second-order valence-electron chi connectivity index (χ2n) is 10.5. The summed E-state index contributed by atoms with van der Waals surface area (Å²) in [5, 5.41) is 3.20. The predicted molar refractivity (Wildman–Crippen MR) is 149 cm³/mol. The zero-order valence-corrected chi connectivity index (χ0v) is 25.8. The molecule has 0 aliphatic carbocycles. The van der Waals surface area contributed by atoms with Gasteiger partial charge in [0.25, 0.3) is 5.82 Å². The maximum atomic E-state index is 14.7. The Morgan fingerprint density at radius 2 is 1.79 bits per heavy atom. The number of esters is 1. The summed E-state index contributed by atoms with van der Waals surface area (Å²) >= 11 is 5.66. The summed E-state index contributed by atoms with van der Waals surface area (Å²) in [5.41, 5.74) is -1.84. The molecule has 0 N–H and O–H groups in total. The van der Waals surface area contributed by atoms with Crippen LogP contribution in [-0.4, -0.2) is 72.0 Å². The van der Waals surface area contributed by atoms with E-state index in [9.17, 15) is 31.5 Å². The third-order valence-electron chi connectivity index (χ3n) is 5.89. The van der Waals surface area contributed by atoms with Crippen molar-refractivity contribution in [2.45, 2.75) is 45.5 Å². The van der Waals surface area contributed by atoms with Crippen molar-refractivity contribution in [2.24, 2.45) is 0 Å². The number of anilines is 3. The Labute approximate surface area is 249 Å². The van der Waals surface area contributed by atoms with E-state index in [-0.39, 0.29) is 18.4 Å². The topological polar surface area (TPSA) is 116 Å². The molecule has 0 fully saturated rings. The fraction of sp³-hybridized carbons (Fsp3) is 0.440. The molecule has 0 unspecified atom stereocenters. The van der Waals surface area contributed by atoms with Crippen molar-refractivity contribution in [3.05, 3.63) is 52.1 Å². The number of aromatic nitrogens is 5. The Bertz CT molecular complexity index is 1500. The van der Waals surface area contributed by atoms with Crippen LogP contribution in [0.15, 0.2) is 18.2 Å². The van der Waals surface area contributed by atoms with Crippen molar-refractivity contribution in [3.8, 4) is 0 Å². The summed E-state index contributed by atoms with van der Waals surface area (Å²) in [7, 11) is 0.716. The van der Waals surface area contributed by atoms with Crippen LogP contribution in [0.1, 0.15) is 22.0 Å². The molecular formula is C25H29ClF5N7O4Si. The minimum atomic E-state index is -4.88. The highest BCUT2D eigenvalue weighted by atomic mass is 35.5. The van der Waals surface area contributed by atoms with Gasteiger partial charge in [0.05, 0.1) is 12.8 Å². The number of carbonyl (C=O) groups is 2.